The monoisotopic (exact) mass is 387 g/mol. The molecule has 1 aromatic rings. The summed E-state index contributed by atoms with van der Waals surface area (Å²) in [5, 5.41) is -0.615. The van der Waals surface area contributed by atoms with Crippen LogP contribution in [0.3, 0.4) is 0 Å². The highest BCUT2D eigenvalue weighted by Crippen LogP contribution is 2.31. The van der Waals surface area contributed by atoms with Gasteiger partial charge in [0.2, 0.25) is 0 Å². The lowest BCUT2D eigenvalue weighted by Gasteiger charge is -2.30. The molecule has 2 atom stereocenters. The number of ether oxygens (including phenoxy) is 1. The molecule has 1 fully saturated rings. The largest absolute Gasteiger partial charge is 0.394 e. The number of nitrogens with zero attached hydrogens (tertiary/aromatic N) is 1. The number of alkyl halides is 3. The highest BCUT2D eigenvalue weighted by atomic mass is 32.2. The summed E-state index contributed by atoms with van der Waals surface area (Å²) in [6, 6.07) is 6.75. The third-order valence-corrected chi connectivity index (χ3v) is 6.82. The zero-order valence-corrected chi connectivity index (χ0v) is 15.1. The van der Waals surface area contributed by atoms with Crippen LogP contribution < -0.4 is 0 Å². The molecule has 0 saturated carbocycles. The topological polar surface area (TPSA) is 55.7 Å². The van der Waals surface area contributed by atoms with Crippen molar-refractivity contribution in [2.45, 2.75) is 48.6 Å². The summed E-state index contributed by atoms with van der Waals surface area (Å²) in [4.78, 5) is 4.18. The van der Waals surface area contributed by atoms with Gasteiger partial charge < -0.3 is 4.74 Å². The van der Waals surface area contributed by atoms with E-state index >= 15 is 0 Å². The van der Waals surface area contributed by atoms with E-state index in [-0.39, 0.29) is 30.2 Å². The average molecular weight is 387 g/mol. The predicted octanol–water partition coefficient (Wildman–Crippen LogP) is 3.65. The van der Waals surface area contributed by atoms with E-state index < -0.39 is 33.8 Å². The van der Waals surface area contributed by atoms with Gasteiger partial charge in [0.25, 0.3) is 0 Å². The molecule has 2 aliphatic heterocycles. The van der Waals surface area contributed by atoms with Crippen molar-refractivity contribution in [2.75, 3.05) is 13.2 Å². The summed E-state index contributed by atoms with van der Waals surface area (Å²) < 4.78 is 68.9. The fourth-order valence-corrected chi connectivity index (χ4v) is 5.13. The molecule has 2 aliphatic rings. The van der Waals surface area contributed by atoms with Gasteiger partial charge in [-0.3, -0.25) is 4.99 Å². The Bertz CT molecular complexity index is 843. The number of aliphatic imine (C=N–C) groups is 1. The molecular weight excluding hydrogens is 367 g/mol. The van der Waals surface area contributed by atoms with Crippen molar-refractivity contribution in [1.29, 1.82) is 0 Å². The van der Waals surface area contributed by atoms with Crippen LogP contribution in [0.15, 0.2) is 45.8 Å². The fraction of sp³-hybridized carbons (Fsp3) is 0.500. The van der Waals surface area contributed by atoms with Crippen molar-refractivity contribution in [2.24, 2.45) is 4.99 Å². The first-order valence-electron chi connectivity index (χ1n) is 8.38. The first kappa shape index (κ1) is 19.1. The minimum Gasteiger partial charge on any atom is -0.374 e. The Kier molecular flexibility index (Phi) is 5.25. The third-order valence-electron chi connectivity index (χ3n) is 4.60. The van der Waals surface area contributed by atoms with Crippen LogP contribution >= 0.6 is 0 Å². The quantitative estimate of drug-likeness (QED) is 0.793. The van der Waals surface area contributed by atoms with E-state index in [1.807, 2.05) is 13.0 Å². The number of benzene rings is 1. The summed E-state index contributed by atoms with van der Waals surface area (Å²) in [5.41, 5.74) is 1.45. The molecule has 0 aliphatic carbocycles. The van der Waals surface area contributed by atoms with Gasteiger partial charge in [-0.05, 0) is 49.1 Å². The van der Waals surface area contributed by atoms with Gasteiger partial charge in [-0.2, -0.15) is 13.2 Å². The van der Waals surface area contributed by atoms with E-state index in [1.165, 1.54) is 6.08 Å². The molecule has 2 unspecified atom stereocenters. The number of allylic oxidation sites excluding steroid dienone is 1. The van der Waals surface area contributed by atoms with Gasteiger partial charge in [-0.15, -0.1) is 0 Å². The predicted molar refractivity (Wildman–Crippen MR) is 92.2 cm³/mol. The SMILES string of the molecule is Cc1cccc(S(=O)(=O)C2CCOC(C3=CC(CC(F)(F)F)=NC3)C2)c1. The van der Waals surface area contributed by atoms with Crippen LogP contribution in [0.1, 0.15) is 24.8 Å². The van der Waals surface area contributed by atoms with Crippen LogP contribution in [0, 0.1) is 6.92 Å². The Labute approximate surface area is 150 Å². The van der Waals surface area contributed by atoms with E-state index in [4.69, 9.17) is 4.74 Å². The second-order valence-electron chi connectivity index (χ2n) is 6.69. The lowest BCUT2D eigenvalue weighted by molar-refractivity contribution is -0.121. The Morgan fingerprint density at radius 1 is 1.31 bits per heavy atom. The number of sulfone groups is 1. The Balaban J connectivity index is 1.73. The molecule has 26 heavy (non-hydrogen) atoms. The molecule has 0 aromatic heterocycles. The Hall–Kier alpha value is -1.67. The standard InChI is InChI=1S/C18H20F3NO3S/c1-12-3-2-4-15(7-12)26(23,24)16-5-6-25-17(9-16)13-8-14(22-11-13)10-18(19,20)21/h2-4,7-8,16-17H,5-6,9-11H2,1H3. The Morgan fingerprint density at radius 2 is 2.08 bits per heavy atom. The molecule has 1 aromatic carbocycles. The summed E-state index contributed by atoms with van der Waals surface area (Å²) in [5.74, 6) is 0. The molecule has 0 bridgehead atoms. The zero-order chi connectivity index (χ0) is 18.9. The van der Waals surface area contributed by atoms with Crippen LogP contribution in [-0.4, -0.2) is 44.8 Å². The molecule has 2 heterocycles. The Morgan fingerprint density at radius 3 is 2.77 bits per heavy atom. The van der Waals surface area contributed by atoms with Crippen molar-refractivity contribution in [3.05, 3.63) is 41.5 Å². The first-order chi connectivity index (χ1) is 12.1. The molecule has 8 heteroatoms. The maximum atomic E-state index is 12.9. The highest BCUT2D eigenvalue weighted by molar-refractivity contribution is 7.92. The van der Waals surface area contributed by atoms with Gasteiger partial charge in [0, 0.05) is 12.3 Å². The first-order valence-corrected chi connectivity index (χ1v) is 9.92. The van der Waals surface area contributed by atoms with Crippen LogP contribution in [0.4, 0.5) is 13.2 Å². The van der Waals surface area contributed by atoms with Gasteiger partial charge >= 0.3 is 6.18 Å². The summed E-state index contributed by atoms with van der Waals surface area (Å²) in [6.07, 6.45) is -3.89. The fourth-order valence-electron chi connectivity index (χ4n) is 3.30. The van der Waals surface area contributed by atoms with Gasteiger partial charge in [0.1, 0.15) is 0 Å². The van der Waals surface area contributed by atoms with E-state index in [1.54, 1.807) is 18.2 Å². The summed E-state index contributed by atoms with van der Waals surface area (Å²) in [6.45, 7) is 2.22. The maximum Gasteiger partial charge on any atom is 0.394 e. The molecule has 3 rings (SSSR count). The van der Waals surface area contributed by atoms with Crippen molar-refractivity contribution in [3.63, 3.8) is 0 Å². The number of aryl methyl sites for hydroxylation is 1. The molecule has 0 amide bonds. The average Bonchev–Trinajstić information content (AvgIpc) is 3.01. The normalized spacial score (nSPS) is 24.3. The minimum absolute atomic E-state index is 0.0280. The molecule has 142 valence electrons. The second kappa shape index (κ2) is 7.15. The second-order valence-corrected chi connectivity index (χ2v) is 8.91. The number of rotatable bonds is 4. The van der Waals surface area contributed by atoms with Gasteiger partial charge in [-0.1, -0.05) is 12.1 Å². The molecule has 4 nitrogen and oxygen atoms in total. The maximum absolute atomic E-state index is 12.9. The lowest BCUT2D eigenvalue weighted by atomic mass is 10.0. The van der Waals surface area contributed by atoms with Crippen molar-refractivity contribution in [1.82, 2.24) is 0 Å². The minimum atomic E-state index is -4.31. The van der Waals surface area contributed by atoms with Crippen LogP contribution in [0.25, 0.3) is 0 Å². The van der Waals surface area contributed by atoms with Crippen LogP contribution in [-0.2, 0) is 14.6 Å². The smallest absolute Gasteiger partial charge is 0.374 e. The van der Waals surface area contributed by atoms with E-state index in [0.717, 1.165) is 5.56 Å². The van der Waals surface area contributed by atoms with Crippen molar-refractivity contribution in [3.8, 4) is 0 Å². The summed E-state index contributed by atoms with van der Waals surface area (Å²) in [7, 11) is -3.51. The molecule has 0 radical (unpaired) electrons. The van der Waals surface area contributed by atoms with Crippen LogP contribution in [0.2, 0.25) is 0 Å². The lowest BCUT2D eigenvalue weighted by Crippen LogP contribution is -2.35. The highest BCUT2D eigenvalue weighted by Gasteiger charge is 2.36. The number of hydrogen-bond donors (Lipinski definition) is 0. The van der Waals surface area contributed by atoms with Gasteiger partial charge in [0.15, 0.2) is 9.84 Å². The van der Waals surface area contributed by atoms with E-state index in [9.17, 15) is 21.6 Å². The zero-order valence-electron chi connectivity index (χ0n) is 14.3. The van der Waals surface area contributed by atoms with E-state index in [2.05, 4.69) is 4.99 Å². The van der Waals surface area contributed by atoms with Gasteiger partial charge in [0.05, 0.1) is 29.2 Å². The van der Waals surface area contributed by atoms with E-state index in [0.29, 0.717) is 12.0 Å². The molecular formula is C18H20F3NO3S. The third kappa shape index (κ3) is 4.35. The molecule has 0 spiro atoms. The molecule has 0 N–H and O–H groups in total. The van der Waals surface area contributed by atoms with Crippen molar-refractivity contribution < 1.29 is 26.3 Å². The van der Waals surface area contributed by atoms with Crippen LogP contribution in [0.5, 0.6) is 0 Å². The van der Waals surface area contributed by atoms with Crippen molar-refractivity contribution >= 4 is 15.5 Å². The number of hydrogen-bond acceptors (Lipinski definition) is 4. The molecule has 1 saturated heterocycles. The summed E-state index contributed by atoms with van der Waals surface area (Å²) >= 11 is 0. The van der Waals surface area contributed by atoms with Gasteiger partial charge in [-0.25, -0.2) is 8.42 Å². The number of halogens is 3.